The summed E-state index contributed by atoms with van der Waals surface area (Å²) in [6.45, 7) is 2.03. The molecule has 1 N–H and O–H groups in total. The number of hydrogen-bond donors (Lipinski definition) is 1. The van der Waals surface area contributed by atoms with Crippen LogP contribution in [0.5, 0.6) is 0 Å². The van der Waals surface area contributed by atoms with Gasteiger partial charge in [-0.05, 0) is 35.7 Å². The minimum Gasteiger partial charge on any atom is -0.481 e. The third-order valence-electron chi connectivity index (χ3n) is 3.01. The van der Waals surface area contributed by atoms with Crippen molar-refractivity contribution in [2.24, 2.45) is 0 Å². The summed E-state index contributed by atoms with van der Waals surface area (Å²) in [5.74, 6) is -1.50. The minimum absolute atomic E-state index is 0.385. The zero-order valence-corrected chi connectivity index (χ0v) is 11.2. The maximum absolute atomic E-state index is 11.8. The number of aliphatic carboxylic acids is 1. The monoisotopic (exact) mass is 269 g/mol. The van der Waals surface area contributed by atoms with Crippen LogP contribution in [0.1, 0.15) is 29.4 Å². The van der Waals surface area contributed by atoms with Crippen molar-refractivity contribution < 1.29 is 14.7 Å². The third kappa shape index (κ3) is 3.29. The number of Topliss-reactive ketones (excluding diaryl/α,β-unsaturated/α-hetero) is 1. The van der Waals surface area contributed by atoms with Crippen LogP contribution in [0, 0.1) is 0 Å². The highest BCUT2D eigenvalue weighted by Crippen LogP contribution is 2.21. The Balaban J connectivity index is 2.33. The molecule has 0 aliphatic heterocycles. The van der Waals surface area contributed by atoms with Crippen LogP contribution in [0.2, 0.25) is 0 Å². The lowest BCUT2D eigenvalue weighted by Crippen LogP contribution is -2.06. The standard InChI is InChI=1S/C16H15NO3/c1-2-14-9-12(6-7-17-14)11-4-3-5-13(8-11)15(18)10-16(19)20/h3-9H,2,10H2,1H3,(H,19,20). The van der Waals surface area contributed by atoms with E-state index in [2.05, 4.69) is 4.98 Å². The first kappa shape index (κ1) is 13.9. The molecule has 0 aliphatic carbocycles. The Morgan fingerprint density at radius 2 is 1.90 bits per heavy atom. The fourth-order valence-electron chi connectivity index (χ4n) is 1.96. The van der Waals surface area contributed by atoms with Crippen molar-refractivity contribution in [3.05, 3.63) is 53.9 Å². The highest BCUT2D eigenvalue weighted by molar-refractivity contribution is 6.06. The zero-order chi connectivity index (χ0) is 14.5. The first-order chi connectivity index (χ1) is 9.60. The third-order valence-corrected chi connectivity index (χ3v) is 3.01. The topological polar surface area (TPSA) is 67.3 Å². The summed E-state index contributed by atoms with van der Waals surface area (Å²) in [6, 6.07) is 10.9. The number of carboxylic acid groups (broad SMARTS) is 1. The van der Waals surface area contributed by atoms with Gasteiger partial charge in [0.2, 0.25) is 0 Å². The van der Waals surface area contributed by atoms with Gasteiger partial charge in [-0.1, -0.05) is 25.1 Å². The van der Waals surface area contributed by atoms with Gasteiger partial charge in [0.25, 0.3) is 0 Å². The molecule has 4 nitrogen and oxygen atoms in total. The summed E-state index contributed by atoms with van der Waals surface area (Å²) in [6.07, 6.45) is 2.09. The highest BCUT2D eigenvalue weighted by Gasteiger charge is 2.11. The van der Waals surface area contributed by atoms with Crippen molar-refractivity contribution in [1.82, 2.24) is 4.98 Å². The van der Waals surface area contributed by atoms with Crippen LogP contribution in [0.3, 0.4) is 0 Å². The lowest BCUT2D eigenvalue weighted by atomic mass is 10.0. The molecule has 102 valence electrons. The molecule has 0 saturated carbocycles. The van der Waals surface area contributed by atoms with Gasteiger partial charge in [0.05, 0.1) is 0 Å². The SMILES string of the molecule is CCc1cc(-c2cccc(C(=O)CC(=O)O)c2)ccn1. The number of carboxylic acids is 1. The summed E-state index contributed by atoms with van der Waals surface area (Å²) in [5.41, 5.74) is 3.25. The van der Waals surface area contributed by atoms with Gasteiger partial charge in [-0.3, -0.25) is 14.6 Å². The van der Waals surface area contributed by atoms with Crippen LogP contribution in [-0.4, -0.2) is 21.8 Å². The Bertz CT molecular complexity index is 650. The molecular formula is C16H15NO3. The number of carbonyl (C=O) groups is 2. The van der Waals surface area contributed by atoms with Gasteiger partial charge in [0, 0.05) is 17.5 Å². The molecule has 2 rings (SSSR count). The number of pyridine rings is 1. The van der Waals surface area contributed by atoms with Gasteiger partial charge in [-0.15, -0.1) is 0 Å². The molecule has 0 bridgehead atoms. The van der Waals surface area contributed by atoms with Crippen LogP contribution in [-0.2, 0) is 11.2 Å². The maximum Gasteiger partial charge on any atom is 0.311 e. The molecule has 0 fully saturated rings. The van der Waals surface area contributed by atoms with Gasteiger partial charge in [0.1, 0.15) is 6.42 Å². The zero-order valence-electron chi connectivity index (χ0n) is 11.2. The number of nitrogens with zero attached hydrogens (tertiary/aromatic N) is 1. The van der Waals surface area contributed by atoms with E-state index in [4.69, 9.17) is 5.11 Å². The number of rotatable bonds is 5. The van der Waals surface area contributed by atoms with Gasteiger partial charge >= 0.3 is 5.97 Å². The van der Waals surface area contributed by atoms with E-state index < -0.39 is 12.4 Å². The molecule has 1 heterocycles. The molecular weight excluding hydrogens is 254 g/mol. The summed E-state index contributed by atoms with van der Waals surface area (Å²) >= 11 is 0. The molecule has 1 aromatic heterocycles. The average molecular weight is 269 g/mol. The van der Waals surface area contributed by atoms with Gasteiger partial charge in [-0.25, -0.2) is 0 Å². The Kier molecular flexibility index (Phi) is 4.25. The van der Waals surface area contributed by atoms with E-state index in [-0.39, 0.29) is 5.78 Å². The fourth-order valence-corrected chi connectivity index (χ4v) is 1.96. The van der Waals surface area contributed by atoms with Crippen molar-refractivity contribution in [3.63, 3.8) is 0 Å². The Morgan fingerprint density at radius 1 is 1.15 bits per heavy atom. The number of carbonyl (C=O) groups excluding carboxylic acids is 1. The number of aromatic nitrogens is 1. The van der Waals surface area contributed by atoms with Gasteiger partial charge < -0.3 is 5.11 Å². The predicted octanol–water partition coefficient (Wildman–Crippen LogP) is 2.97. The summed E-state index contributed by atoms with van der Waals surface area (Å²) < 4.78 is 0. The van der Waals surface area contributed by atoms with Gasteiger partial charge in [0.15, 0.2) is 5.78 Å². The second-order valence-corrected chi connectivity index (χ2v) is 4.46. The average Bonchev–Trinajstić information content (AvgIpc) is 2.47. The van der Waals surface area contributed by atoms with Crippen LogP contribution in [0.25, 0.3) is 11.1 Å². The summed E-state index contributed by atoms with van der Waals surface area (Å²) in [5, 5.41) is 8.67. The molecule has 0 unspecified atom stereocenters. The first-order valence-corrected chi connectivity index (χ1v) is 6.40. The smallest absolute Gasteiger partial charge is 0.311 e. The normalized spacial score (nSPS) is 10.2. The summed E-state index contributed by atoms with van der Waals surface area (Å²) in [4.78, 5) is 26.6. The van der Waals surface area contributed by atoms with Crippen molar-refractivity contribution in [3.8, 4) is 11.1 Å². The largest absolute Gasteiger partial charge is 0.481 e. The number of ketones is 1. The van der Waals surface area contributed by atoms with E-state index in [0.29, 0.717) is 5.56 Å². The molecule has 2 aromatic rings. The van der Waals surface area contributed by atoms with E-state index in [1.807, 2.05) is 25.1 Å². The quantitative estimate of drug-likeness (QED) is 0.669. The number of hydrogen-bond acceptors (Lipinski definition) is 3. The lowest BCUT2D eigenvalue weighted by Gasteiger charge is -2.05. The Hall–Kier alpha value is -2.49. The van der Waals surface area contributed by atoms with E-state index in [1.165, 1.54) is 0 Å². The predicted molar refractivity (Wildman–Crippen MR) is 75.6 cm³/mol. The fraction of sp³-hybridized carbons (Fsp3) is 0.188. The highest BCUT2D eigenvalue weighted by atomic mass is 16.4. The number of benzene rings is 1. The lowest BCUT2D eigenvalue weighted by molar-refractivity contribution is -0.135. The molecule has 0 radical (unpaired) electrons. The van der Waals surface area contributed by atoms with E-state index in [0.717, 1.165) is 23.2 Å². The second-order valence-electron chi connectivity index (χ2n) is 4.46. The van der Waals surface area contributed by atoms with E-state index in [9.17, 15) is 9.59 Å². The molecule has 20 heavy (non-hydrogen) atoms. The number of aryl methyl sites for hydroxylation is 1. The second kappa shape index (κ2) is 6.10. The Labute approximate surface area is 117 Å². The minimum atomic E-state index is -1.11. The van der Waals surface area contributed by atoms with E-state index >= 15 is 0 Å². The summed E-state index contributed by atoms with van der Waals surface area (Å²) in [7, 11) is 0. The molecule has 4 heteroatoms. The van der Waals surface area contributed by atoms with Crippen molar-refractivity contribution >= 4 is 11.8 Å². The molecule has 0 aliphatic rings. The molecule has 0 spiro atoms. The molecule has 0 saturated heterocycles. The van der Waals surface area contributed by atoms with Crippen molar-refractivity contribution in [2.45, 2.75) is 19.8 Å². The molecule has 0 atom stereocenters. The first-order valence-electron chi connectivity index (χ1n) is 6.40. The van der Waals surface area contributed by atoms with Crippen LogP contribution in [0.15, 0.2) is 42.6 Å². The molecule has 1 aromatic carbocycles. The van der Waals surface area contributed by atoms with Crippen molar-refractivity contribution in [2.75, 3.05) is 0 Å². The van der Waals surface area contributed by atoms with Gasteiger partial charge in [-0.2, -0.15) is 0 Å². The maximum atomic E-state index is 11.8. The Morgan fingerprint density at radius 3 is 2.60 bits per heavy atom. The van der Waals surface area contributed by atoms with Crippen LogP contribution in [0.4, 0.5) is 0 Å². The molecule has 0 amide bonds. The van der Waals surface area contributed by atoms with Crippen LogP contribution < -0.4 is 0 Å². The van der Waals surface area contributed by atoms with E-state index in [1.54, 1.807) is 24.4 Å². The van der Waals surface area contributed by atoms with Crippen LogP contribution >= 0.6 is 0 Å². The van der Waals surface area contributed by atoms with Crippen molar-refractivity contribution in [1.29, 1.82) is 0 Å².